The number of carbonyl (C=O) groups excluding carboxylic acids is 1. The Labute approximate surface area is 196 Å². The van der Waals surface area contributed by atoms with Crippen LogP contribution in [-0.2, 0) is 11.3 Å². The molecule has 0 radical (unpaired) electrons. The number of nitrogens with one attached hydrogen (secondary N) is 2. The summed E-state index contributed by atoms with van der Waals surface area (Å²) in [7, 11) is 1.71. The van der Waals surface area contributed by atoms with Crippen LogP contribution in [-0.4, -0.2) is 62.3 Å². The standard InChI is InChI=1S/C21H34FN5O2.HI/c1-6-9-24-19(23-5)25-15-16-7-8-18(17(22)14-16)26-10-12-27(13-11-26)20(28)29-21(2,3)4;/h7-8,14H,6,9-13,15H2,1-5H3,(H2,23,24,25);1H. The molecule has 0 atom stereocenters. The maximum atomic E-state index is 14.7. The van der Waals surface area contributed by atoms with Crippen molar-refractivity contribution >= 4 is 41.7 Å². The summed E-state index contributed by atoms with van der Waals surface area (Å²) in [4.78, 5) is 20.0. The van der Waals surface area contributed by atoms with Gasteiger partial charge in [0.2, 0.25) is 0 Å². The highest BCUT2D eigenvalue weighted by atomic mass is 127. The normalized spacial score (nSPS) is 14.8. The molecule has 1 aromatic rings. The first-order valence-electron chi connectivity index (χ1n) is 10.2. The van der Waals surface area contributed by atoms with Gasteiger partial charge in [-0.2, -0.15) is 0 Å². The number of nitrogens with zero attached hydrogens (tertiary/aromatic N) is 3. The van der Waals surface area contributed by atoms with Gasteiger partial charge in [-0.25, -0.2) is 9.18 Å². The number of rotatable bonds is 5. The molecule has 170 valence electrons. The lowest BCUT2D eigenvalue weighted by atomic mass is 10.1. The van der Waals surface area contributed by atoms with Gasteiger partial charge in [-0.1, -0.05) is 13.0 Å². The molecule has 2 rings (SSSR count). The summed E-state index contributed by atoms with van der Waals surface area (Å²) in [6.45, 7) is 11.1. The molecule has 1 aliphatic heterocycles. The first kappa shape index (κ1) is 26.3. The zero-order chi connectivity index (χ0) is 21.4. The Hall–Kier alpha value is -1.78. The van der Waals surface area contributed by atoms with Gasteiger partial charge in [-0.15, -0.1) is 24.0 Å². The fraction of sp³-hybridized carbons (Fsp3) is 0.619. The van der Waals surface area contributed by atoms with Crippen LogP contribution in [0.2, 0.25) is 0 Å². The van der Waals surface area contributed by atoms with E-state index in [4.69, 9.17) is 4.74 Å². The van der Waals surface area contributed by atoms with Crippen LogP contribution in [0.1, 0.15) is 39.7 Å². The van der Waals surface area contributed by atoms with Gasteiger partial charge in [-0.3, -0.25) is 4.99 Å². The molecule has 0 aliphatic carbocycles. The van der Waals surface area contributed by atoms with Gasteiger partial charge in [0, 0.05) is 46.3 Å². The quantitative estimate of drug-likeness (QED) is 0.343. The van der Waals surface area contributed by atoms with E-state index in [0.717, 1.165) is 18.5 Å². The number of benzene rings is 1. The first-order valence-corrected chi connectivity index (χ1v) is 10.2. The van der Waals surface area contributed by atoms with Gasteiger partial charge in [0.25, 0.3) is 0 Å². The second kappa shape index (κ2) is 12.2. The van der Waals surface area contributed by atoms with Crippen molar-refractivity contribution in [3.8, 4) is 0 Å². The number of piperazine rings is 1. The van der Waals surface area contributed by atoms with Gasteiger partial charge in [-0.05, 0) is 44.9 Å². The van der Waals surface area contributed by atoms with Gasteiger partial charge in [0.05, 0.1) is 5.69 Å². The van der Waals surface area contributed by atoms with Crippen LogP contribution in [0.4, 0.5) is 14.9 Å². The Bertz CT molecular complexity index is 716. The highest BCUT2D eigenvalue weighted by Gasteiger charge is 2.26. The van der Waals surface area contributed by atoms with E-state index in [2.05, 4.69) is 22.5 Å². The van der Waals surface area contributed by atoms with Crippen molar-refractivity contribution in [2.75, 3.05) is 44.7 Å². The van der Waals surface area contributed by atoms with Crippen molar-refractivity contribution in [2.24, 2.45) is 4.99 Å². The van der Waals surface area contributed by atoms with Crippen LogP contribution in [0.25, 0.3) is 0 Å². The Morgan fingerprint density at radius 1 is 1.20 bits per heavy atom. The molecule has 1 aromatic carbocycles. The monoisotopic (exact) mass is 535 g/mol. The summed E-state index contributed by atoms with van der Waals surface area (Å²) in [5.74, 6) is 0.445. The van der Waals surface area contributed by atoms with E-state index in [0.29, 0.717) is 44.4 Å². The highest BCUT2D eigenvalue weighted by Crippen LogP contribution is 2.22. The fourth-order valence-electron chi connectivity index (χ4n) is 3.02. The van der Waals surface area contributed by atoms with E-state index in [1.54, 1.807) is 24.1 Å². The lowest BCUT2D eigenvalue weighted by Gasteiger charge is -2.36. The predicted octanol–water partition coefficient (Wildman–Crippen LogP) is 3.58. The summed E-state index contributed by atoms with van der Waals surface area (Å²) in [5, 5.41) is 6.37. The van der Waals surface area contributed by atoms with E-state index in [1.807, 2.05) is 31.7 Å². The maximum Gasteiger partial charge on any atom is 0.410 e. The number of halogens is 2. The van der Waals surface area contributed by atoms with Crippen molar-refractivity contribution in [3.05, 3.63) is 29.6 Å². The minimum absolute atomic E-state index is 0. The third kappa shape index (κ3) is 8.16. The smallest absolute Gasteiger partial charge is 0.410 e. The van der Waals surface area contributed by atoms with E-state index in [9.17, 15) is 9.18 Å². The molecule has 1 amide bonds. The molecule has 1 heterocycles. The van der Waals surface area contributed by atoms with E-state index in [-0.39, 0.29) is 35.9 Å². The summed E-state index contributed by atoms with van der Waals surface area (Å²) in [6.07, 6.45) is 0.690. The van der Waals surface area contributed by atoms with E-state index in [1.165, 1.54) is 0 Å². The number of hydrogen-bond donors (Lipinski definition) is 2. The number of carbonyl (C=O) groups is 1. The molecule has 2 N–H and O–H groups in total. The summed E-state index contributed by atoms with van der Waals surface area (Å²) in [6, 6.07) is 5.27. The molecule has 0 bridgehead atoms. The van der Waals surface area contributed by atoms with Gasteiger partial charge in [0.1, 0.15) is 11.4 Å². The van der Waals surface area contributed by atoms with E-state index < -0.39 is 5.60 Å². The van der Waals surface area contributed by atoms with Crippen molar-refractivity contribution in [2.45, 2.75) is 46.3 Å². The van der Waals surface area contributed by atoms with Crippen molar-refractivity contribution in [1.29, 1.82) is 0 Å². The van der Waals surface area contributed by atoms with Crippen LogP contribution < -0.4 is 15.5 Å². The maximum absolute atomic E-state index is 14.7. The molecule has 0 saturated carbocycles. The molecule has 30 heavy (non-hydrogen) atoms. The topological polar surface area (TPSA) is 69.2 Å². The molecule has 1 aliphatic rings. The van der Waals surface area contributed by atoms with Crippen molar-refractivity contribution in [3.63, 3.8) is 0 Å². The van der Waals surface area contributed by atoms with Crippen molar-refractivity contribution < 1.29 is 13.9 Å². The minimum atomic E-state index is -0.515. The lowest BCUT2D eigenvalue weighted by molar-refractivity contribution is 0.0240. The average molecular weight is 535 g/mol. The van der Waals surface area contributed by atoms with Gasteiger partial charge in [0.15, 0.2) is 5.96 Å². The molecular weight excluding hydrogens is 500 g/mol. The lowest BCUT2D eigenvalue weighted by Crippen LogP contribution is -2.50. The fourth-order valence-corrected chi connectivity index (χ4v) is 3.02. The second-order valence-corrected chi connectivity index (χ2v) is 8.09. The number of anilines is 1. The Balaban J connectivity index is 0.00000450. The average Bonchev–Trinajstić information content (AvgIpc) is 2.67. The first-order chi connectivity index (χ1) is 13.7. The predicted molar refractivity (Wildman–Crippen MR) is 130 cm³/mol. The largest absolute Gasteiger partial charge is 0.444 e. The molecule has 9 heteroatoms. The molecule has 0 aromatic heterocycles. The van der Waals surface area contributed by atoms with Crippen molar-refractivity contribution in [1.82, 2.24) is 15.5 Å². The van der Waals surface area contributed by atoms with E-state index >= 15 is 0 Å². The highest BCUT2D eigenvalue weighted by molar-refractivity contribution is 14.0. The third-order valence-electron chi connectivity index (χ3n) is 4.51. The van der Waals surface area contributed by atoms with Crippen LogP contribution in [0.15, 0.2) is 23.2 Å². The summed E-state index contributed by atoms with van der Waals surface area (Å²) < 4.78 is 20.1. The number of hydrogen-bond acceptors (Lipinski definition) is 4. The Morgan fingerprint density at radius 3 is 2.40 bits per heavy atom. The zero-order valence-corrected chi connectivity index (χ0v) is 21.0. The number of amides is 1. The molecule has 0 unspecified atom stereocenters. The molecule has 7 nitrogen and oxygen atoms in total. The SMILES string of the molecule is CCCNC(=NC)NCc1ccc(N2CCN(C(=O)OC(C)(C)C)CC2)c(F)c1.I. The summed E-state index contributed by atoms with van der Waals surface area (Å²) >= 11 is 0. The number of aliphatic imine (C=N–C) groups is 1. The van der Waals surface area contributed by atoms with Crippen LogP contribution >= 0.6 is 24.0 Å². The number of guanidine groups is 1. The zero-order valence-electron chi connectivity index (χ0n) is 18.6. The van der Waals surface area contributed by atoms with Crippen LogP contribution in [0.5, 0.6) is 0 Å². The second-order valence-electron chi connectivity index (χ2n) is 8.09. The van der Waals surface area contributed by atoms with Gasteiger partial charge < -0.3 is 25.2 Å². The summed E-state index contributed by atoms with van der Waals surface area (Å²) in [5.41, 5.74) is 0.891. The Kier molecular flexibility index (Phi) is 10.6. The van der Waals surface area contributed by atoms with Crippen LogP contribution in [0, 0.1) is 5.82 Å². The number of ether oxygens (including phenoxy) is 1. The third-order valence-corrected chi connectivity index (χ3v) is 4.51. The molecule has 1 saturated heterocycles. The molecular formula is C21H35FIN5O2. The van der Waals surface area contributed by atoms with Crippen LogP contribution in [0.3, 0.4) is 0 Å². The molecule has 0 spiro atoms. The minimum Gasteiger partial charge on any atom is -0.444 e. The Morgan fingerprint density at radius 2 is 1.87 bits per heavy atom. The molecule has 1 fully saturated rings. The van der Waals surface area contributed by atoms with Gasteiger partial charge >= 0.3 is 6.09 Å².